The first kappa shape index (κ1) is 6.58. The second kappa shape index (κ2) is 1.94. The SMILES string of the molecule is CC1=C(C)c2nc(C)nn2C1. The first-order valence-electron chi connectivity index (χ1n) is 3.76. The molecule has 0 amide bonds. The maximum Gasteiger partial charge on any atom is 0.154 e. The molecule has 0 N–H and O–H groups in total. The average molecular weight is 149 g/mol. The van der Waals surface area contributed by atoms with Gasteiger partial charge >= 0.3 is 0 Å². The van der Waals surface area contributed by atoms with E-state index in [-0.39, 0.29) is 0 Å². The molecule has 0 radical (unpaired) electrons. The van der Waals surface area contributed by atoms with Crippen molar-refractivity contribution in [2.24, 2.45) is 0 Å². The first-order valence-corrected chi connectivity index (χ1v) is 3.76. The summed E-state index contributed by atoms with van der Waals surface area (Å²) in [4.78, 5) is 4.32. The van der Waals surface area contributed by atoms with E-state index in [1.165, 1.54) is 11.1 Å². The third-order valence-corrected chi connectivity index (χ3v) is 2.14. The fourth-order valence-corrected chi connectivity index (χ4v) is 1.38. The molecule has 11 heavy (non-hydrogen) atoms. The fraction of sp³-hybridized carbons (Fsp3) is 0.500. The molecule has 0 spiro atoms. The first-order chi connectivity index (χ1) is 5.18. The van der Waals surface area contributed by atoms with Gasteiger partial charge in [-0.15, -0.1) is 0 Å². The van der Waals surface area contributed by atoms with Crippen molar-refractivity contribution in [3.05, 3.63) is 17.2 Å². The van der Waals surface area contributed by atoms with Crippen LogP contribution in [0.25, 0.3) is 5.57 Å². The highest BCUT2D eigenvalue weighted by Gasteiger charge is 2.17. The third kappa shape index (κ3) is 0.803. The van der Waals surface area contributed by atoms with Gasteiger partial charge in [0, 0.05) is 0 Å². The van der Waals surface area contributed by atoms with Crippen LogP contribution >= 0.6 is 0 Å². The van der Waals surface area contributed by atoms with Crippen molar-refractivity contribution in [1.29, 1.82) is 0 Å². The fourth-order valence-electron chi connectivity index (χ4n) is 1.38. The quantitative estimate of drug-likeness (QED) is 0.558. The second-order valence-electron chi connectivity index (χ2n) is 3.05. The van der Waals surface area contributed by atoms with Crippen molar-refractivity contribution < 1.29 is 0 Å². The summed E-state index contributed by atoms with van der Waals surface area (Å²) >= 11 is 0. The Morgan fingerprint density at radius 2 is 2.00 bits per heavy atom. The van der Waals surface area contributed by atoms with E-state index in [9.17, 15) is 0 Å². The molecule has 0 fully saturated rings. The Labute approximate surface area is 65.8 Å². The lowest BCUT2D eigenvalue weighted by Gasteiger charge is -1.90. The standard InChI is InChI=1S/C8H11N3/c1-5-4-11-8(6(5)2)9-7(3)10-11/h4H2,1-3H3. The Balaban J connectivity index is 2.58. The molecule has 3 heteroatoms. The summed E-state index contributed by atoms with van der Waals surface area (Å²) < 4.78 is 1.96. The smallest absolute Gasteiger partial charge is 0.154 e. The highest BCUT2D eigenvalue weighted by Crippen LogP contribution is 2.24. The van der Waals surface area contributed by atoms with Crippen molar-refractivity contribution in [3.63, 3.8) is 0 Å². The normalized spacial score (nSPS) is 15.9. The zero-order valence-corrected chi connectivity index (χ0v) is 7.05. The van der Waals surface area contributed by atoms with E-state index in [4.69, 9.17) is 0 Å². The number of fused-ring (bicyclic) bond motifs is 1. The lowest BCUT2D eigenvalue weighted by atomic mass is 10.2. The maximum absolute atomic E-state index is 4.32. The molecule has 0 bridgehead atoms. The second-order valence-corrected chi connectivity index (χ2v) is 3.05. The zero-order chi connectivity index (χ0) is 8.01. The van der Waals surface area contributed by atoms with Crippen LogP contribution in [0.15, 0.2) is 5.57 Å². The van der Waals surface area contributed by atoms with E-state index < -0.39 is 0 Å². The number of hydrogen-bond donors (Lipinski definition) is 0. The van der Waals surface area contributed by atoms with Crippen molar-refractivity contribution in [2.75, 3.05) is 0 Å². The van der Waals surface area contributed by atoms with E-state index in [2.05, 4.69) is 23.9 Å². The van der Waals surface area contributed by atoms with Gasteiger partial charge in [-0.05, 0) is 31.9 Å². The summed E-state index contributed by atoms with van der Waals surface area (Å²) in [5.74, 6) is 1.91. The number of allylic oxidation sites excluding steroid dienone is 2. The molecule has 1 aliphatic heterocycles. The highest BCUT2D eigenvalue weighted by atomic mass is 15.4. The van der Waals surface area contributed by atoms with Gasteiger partial charge in [-0.1, -0.05) is 0 Å². The average Bonchev–Trinajstić information content (AvgIpc) is 2.37. The summed E-state index contributed by atoms with van der Waals surface area (Å²) in [5.41, 5.74) is 2.66. The predicted octanol–water partition coefficient (Wildman–Crippen LogP) is 1.39. The molecule has 0 saturated heterocycles. The van der Waals surface area contributed by atoms with Crippen LogP contribution in [0, 0.1) is 6.92 Å². The molecule has 0 aromatic carbocycles. The van der Waals surface area contributed by atoms with Gasteiger partial charge in [0.25, 0.3) is 0 Å². The van der Waals surface area contributed by atoms with E-state index >= 15 is 0 Å². The van der Waals surface area contributed by atoms with E-state index in [0.29, 0.717) is 0 Å². The van der Waals surface area contributed by atoms with Crippen LogP contribution in [0.5, 0.6) is 0 Å². The van der Waals surface area contributed by atoms with Crippen molar-refractivity contribution in [2.45, 2.75) is 27.3 Å². The molecule has 0 saturated carbocycles. The Kier molecular flexibility index (Phi) is 1.16. The maximum atomic E-state index is 4.32. The molecule has 1 aliphatic rings. The Hall–Kier alpha value is -1.12. The molecule has 3 nitrogen and oxygen atoms in total. The molecule has 0 aliphatic carbocycles. The topological polar surface area (TPSA) is 30.7 Å². The van der Waals surface area contributed by atoms with Gasteiger partial charge in [0.15, 0.2) is 5.82 Å². The number of aryl methyl sites for hydroxylation is 1. The van der Waals surface area contributed by atoms with Crippen LogP contribution in [0.2, 0.25) is 0 Å². The van der Waals surface area contributed by atoms with Gasteiger partial charge < -0.3 is 0 Å². The molecule has 2 heterocycles. The summed E-state index contributed by atoms with van der Waals surface area (Å²) in [7, 11) is 0. The van der Waals surface area contributed by atoms with Gasteiger partial charge in [0.05, 0.1) is 6.54 Å². The molecule has 1 aromatic heterocycles. The molecular formula is C8H11N3. The summed E-state index contributed by atoms with van der Waals surface area (Å²) in [6.45, 7) is 7.07. The Morgan fingerprint density at radius 3 is 2.64 bits per heavy atom. The van der Waals surface area contributed by atoms with Crippen molar-refractivity contribution in [3.8, 4) is 0 Å². The van der Waals surface area contributed by atoms with Gasteiger partial charge in [0.2, 0.25) is 0 Å². The van der Waals surface area contributed by atoms with Crippen LogP contribution in [0.4, 0.5) is 0 Å². The van der Waals surface area contributed by atoms with E-state index in [1.54, 1.807) is 0 Å². The molecule has 2 rings (SSSR count). The predicted molar refractivity (Wildman–Crippen MR) is 43.0 cm³/mol. The molecule has 0 unspecified atom stereocenters. The van der Waals surface area contributed by atoms with Crippen LogP contribution in [0.1, 0.15) is 25.5 Å². The van der Waals surface area contributed by atoms with Crippen molar-refractivity contribution >= 4 is 5.57 Å². The van der Waals surface area contributed by atoms with Crippen LogP contribution < -0.4 is 0 Å². The lowest BCUT2D eigenvalue weighted by Crippen LogP contribution is -1.96. The largest absolute Gasteiger partial charge is 0.242 e. The van der Waals surface area contributed by atoms with Gasteiger partial charge in [-0.3, -0.25) is 0 Å². The summed E-state index contributed by atoms with van der Waals surface area (Å²) in [6.07, 6.45) is 0. The van der Waals surface area contributed by atoms with E-state index in [0.717, 1.165) is 18.2 Å². The molecule has 1 aromatic rings. The summed E-state index contributed by atoms with van der Waals surface area (Å²) in [5, 5.41) is 4.26. The zero-order valence-electron chi connectivity index (χ0n) is 7.05. The number of nitrogens with zero attached hydrogens (tertiary/aromatic N) is 3. The minimum absolute atomic E-state index is 0.867. The van der Waals surface area contributed by atoms with E-state index in [1.807, 2.05) is 11.6 Å². The minimum atomic E-state index is 0.867. The van der Waals surface area contributed by atoms with Crippen LogP contribution in [0.3, 0.4) is 0 Å². The van der Waals surface area contributed by atoms with Crippen LogP contribution in [-0.2, 0) is 6.54 Å². The highest BCUT2D eigenvalue weighted by molar-refractivity contribution is 5.64. The molecule has 58 valence electrons. The Bertz CT molecular complexity index is 333. The lowest BCUT2D eigenvalue weighted by molar-refractivity contribution is 0.685. The molecular weight excluding hydrogens is 138 g/mol. The summed E-state index contributed by atoms with van der Waals surface area (Å²) in [6, 6.07) is 0. The number of aromatic nitrogens is 3. The van der Waals surface area contributed by atoms with Crippen LogP contribution in [-0.4, -0.2) is 14.8 Å². The van der Waals surface area contributed by atoms with Gasteiger partial charge in [0.1, 0.15) is 5.82 Å². The van der Waals surface area contributed by atoms with Crippen molar-refractivity contribution in [1.82, 2.24) is 14.8 Å². The molecule has 0 atom stereocenters. The number of hydrogen-bond acceptors (Lipinski definition) is 2. The third-order valence-electron chi connectivity index (χ3n) is 2.14. The van der Waals surface area contributed by atoms with Gasteiger partial charge in [-0.2, -0.15) is 5.10 Å². The minimum Gasteiger partial charge on any atom is -0.242 e. The monoisotopic (exact) mass is 149 g/mol. The number of rotatable bonds is 0. The Morgan fingerprint density at radius 1 is 1.27 bits per heavy atom. The van der Waals surface area contributed by atoms with Gasteiger partial charge in [-0.25, -0.2) is 9.67 Å².